The van der Waals surface area contributed by atoms with Gasteiger partial charge in [-0.05, 0) is 24.7 Å². The Kier molecular flexibility index (Phi) is 8.07. The van der Waals surface area contributed by atoms with Crippen molar-refractivity contribution in [2.45, 2.75) is 25.7 Å². The number of amides is 1. The molecule has 0 saturated heterocycles. The first-order valence-electron chi connectivity index (χ1n) is 6.13. The Morgan fingerprint density at radius 1 is 1.26 bits per heavy atom. The Balaban J connectivity index is 0.00000324. The minimum Gasteiger partial charge on any atom is -0.355 e. The number of rotatable bonds is 6. The zero-order valence-corrected chi connectivity index (χ0v) is 13.2. The number of carbonyl (C=O) groups excluding carboxylic acids is 1. The fourth-order valence-electron chi connectivity index (χ4n) is 1.65. The molecule has 0 fully saturated rings. The molecule has 1 aromatic carbocycles. The zero-order chi connectivity index (χ0) is 13.6. The van der Waals surface area contributed by atoms with Gasteiger partial charge in [0.15, 0.2) is 0 Å². The van der Waals surface area contributed by atoms with Gasteiger partial charge < -0.3 is 10.6 Å². The molecular formula is C14H22Cl2N2O. The quantitative estimate of drug-likeness (QED) is 0.848. The number of hydrogen-bond acceptors (Lipinski definition) is 2. The van der Waals surface area contributed by atoms with Gasteiger partial charge in [0, 0.05) is 29.9 Å². The Morgan fingerprint density at radius 3 is 2.37 bits per heavy atom. The molecule has 0 aromatic heterocycles. The SMILES string of the molecule is CNCCC(=O)NCC(C)(C)c1ccc(Cl)cc1.Cl. The highest BCUT2D eigenvalue weighted by atomic mass is 35.5. The van der Waals surface area contributed by atoms with E-state index in [0.717, 1.165) is 5.02 Å². The van der Waals surface area contributed by atoms with Gasteiger partial charge in [0.1, 0.15) is 0 Å². The predicted octanol–water partition coefficient (Wildman–Crippen LogP) is 2.77. The van der Waals surface area contributed by atoms with E-state index in [1.807, 2.05) is 31.3 Å². The fraction of sp³-hybridized carbons (Fsp3) is 0.500. The molecule has 0 atom stereocenters. The van der Waals surface area contributed by atoms with Crippen LogP contribution in [-0.4, -0.2) is 26.0 Å². The van der Waals surface area contributed by atoms with Crippen LogP contribution in [0.25, 0.3) is 0 Å². The molecule has 19 heavy (non-hydrogen) atoms. The molecule has 0 radical (unpaired) electrons. The number of hydrogen-bond donors (Lipinski definition) is 2. The first kappa shape index (κ1) is 18.2. The van der Waals surface area contributed by atoms with Crippen LogP contribution < -0.4 is 10.6 Å². The molecule has 1 aromatic rings. The summed E-state index contributed by atoms with van der Waals surface area (Å²) < 4.78 is 0. The van der Waals surface area contributed by atoms with Crippen molar-refractivity contribution >= 4 is 29.9 Å². The number of nitrogens with one attached hydrogen (secondary N) is 2. The Bertz CT molecular complexity index is 391. The molecule has 108 valence electrons. The van der Waals surface area contributed by atoms with Crippen LogP contribution >= 0.6 is 24.0 Å². The maximum Gasteiger partial charge on any atom is 0.221 e. The van der Waals surface area contributed by atoms with Crippen LogP contribution in [0.4, 0.5) is 0 Å². The lowest BCUT2D eigenvalue weighted by molar-refractivity contribution is -0.121. The normalized spacial score (nSPS) is 10.7. The van der Waals surface area contributed by atoms with Gasteiger partial charge in [-0.25, -0.2) is 0 Å². The third-order valence-electron chi connectivity index (χ3n) is 2.96. The van der Waals surface area contributed by atoms with Crippen LogP contribution in [0.3, 0.4) is 0 Å². The number of halogens is 2. The molecule has 0 aliphatic rings. The van der Waals surface area contributed by atoms with E-state index in [2.05, 4.69) is 24.5 Å². The van der Waals surface area contributed by atoms with Crippen LogP contribution in [-0.2, 0) is 10.2 Å². The monoisotopic (exact) mass is 304 g/mol. The average Bonchev–Trinajstić information content (AvgIpc) is 2.34. The molecule has 1 amide bonds. The third-order valence-corrected chi connectivity index (χ3v) is 3.21. The lowest BCUT2D eigenvalue weighted by Gasteiger charge is -2.25. The van der Waals surface area contributed by atoms with Gasteiger partial charge in [-0.3, -0.25) is 4.79 Å². The average molecular weight is 305 g/mol. The van der Waals surface area contributed by atoms with Crippen LogP contribution in [0.2, 0.25) is 5.02 Å². The highest BCUT2D eigenvalue weighted by Gasteiger charge is 2.21. The van der Waals surface area contributed by atoms with Gasteiger partial charge in [-0.2, -0.15) is 0 Å². The second-order valence-corrected chi connectivity index (χ2v) is 5.46. The van der Waals surface area contributed by atoms with E-state index in [1.54, 1.807) is 0 Å². The largest absolute Gasteiger partial charge is 0.355 e. The fourth-order valence-corrected chi connectivity index (χ4v) is 1.78. The minimum absolute atomic E-state index is 0. The van der Waals surface area contributed by atoms with E-state index in [4.69, 9.17) is 11.6 Å². The molecule has 0 bridgehead atoms. The second kappa shape index (κ2) is 8.41. The van der Waals surface area contributed by atoms with Crippen molar-refractivity contribution in [1.29, 1.82) is 0 Å². The lowest BCUT2D eigenvalue weighted by atomic mass is 9.84. The molecule has 0 aliphatic heterocycles. The molecule has 0 saturated carbocycles. The van der Waals surface area contributed by atoms with Crippen molar-refractivity contribution in [2.24, 2.45) is 0 Å². The maximum absolute atomic E-state index is 11.6. The molecule has 2 N–H and O–H groups in total. The molecule has 0 spiro atoms. The lowest BCUT2D eigenvalue weighted by Crippen LogP contribution is -2.37. The van der Waals surface area contributed by atoms with Gasteiger partial charge in [-0.15, -0.1) is 12.4 Å². The van der Waals surface area contributed by atoms with Gasteiger partial charge in [0.05, 0.1) is 0 Å². The van der Waals surface area contributed by atoms with E-state index in [-0.39, 0.29) is 23.7 Å². The summed E-state index contributed by atoms with van der Waals surface area (Å²) in [4.78, 5) is 11.6. The Labute approximate surface area is 126 Å². The molecule has 3 nitrogen and oxygen atoms in total. The Hall–Kier alpha value is -0.770. The predicted molar refractivity (Wildman–Crippen MR) is 83.3 cm³/mol. The Morgan fingerprint density at radius 2 is 1.84 bits per heavy atom. The molecule has 1 rings (SSSR count). The number of benzene rings is 1. The van der Waals surface area contributed by atoms with Gasteiger partial charge in [-0.1, -0.05) is 37.6 Å². The van der Waals surface area contributed by atoms with Crippen molar-refractivity contribution in [1.82, 2.24) is 10.6 Å². The second-order valence-electron chi connectivity index (χ2n) is 5.02. The molecule has 0 unspecified atom stereocenters. The highest BCUT2D eigenvalue weighted by Crippen LogP contribution is 2.23. The topological polar surface area (TPSA) is 41.1 Å². The van der Waals surface area contributed by atoms with E-state index in [9.17, 15) is 4.79 Å². The van der Waals surface area contributed by atoms with Crippen LogP contribution in [0.1, 0.15) is 25.8 Å². The summed E-state index contributed by atoms with van der Waals surface area (Å²) >= 11 is 5.87. The molecule has 5 heteroatoms. The first-order valence-corrected chi connectivity index (χ1v) is 6.51. The molecule has 0 heterocycles. The van der Waals surface area contributed by atoms with E-state index in [1.165, 1.54) is 5.56 Å². The van der Waals surface area contributed by atoms with Gasteiger partial charge in [0.25, 0.3) is 0 Å². The summed E-state index contributed by atoms with van der Waals surface area (Å²) in [6, 6.07) is 7.76. The summed E-state index contributed by atoms with van der Waals surface area (Å²) in [5.41, 5.74) is 1.07. The summed E-state index contributed by atoms with van der Waals surface area (Å²) in [5, 5.41) is 6.65. The van der Waals surface area contributed by atoms with Gasteiger partial charge in [0.2, 0.25) is 5.91 Å². The summed E-state index contributed by atoms with van der Waals surface area (Å²) in [7, 11) is 1.84. The molecule has 0 aliphatic carbocycles. The van der Waals surface area contributed by atoms with E-state index in [0.29, 0.717) is 19.5 Å². The minimum atomic E-state index is -0.0973. The smallest absolute Gasteiger partial charge is 0.221 e. The van der Waals surface area contributed by atoms with E-state index < -0.39 is 0 Å². The van der Waals surface area contributed by atoms with Gasteiger partial charge >= 0.3 is 0 Å². The highest BCUT2D eigenvalue weighted by molar-refractivity contribution is 6.30. The molecular weight excluding hydrogens is 283 g/mol. The van der Waals surface area contributed by atoms with E-state index >= 15 is 0 Å². The summed E-state index contributed by atoms with van der Waals surface area (Å²) in [5.74, 6) is 0.0754. The van der Waals surface area contributed by atoms with Crippen molar-refractivity contribution in [3.05, 3.63) is 34.9 Å². The first-order chi connectivity index (χ1) is 8.45. The summed E-state index contributed by atoms with van der Waals surface area (Å²) in [6.07, 6.45) is 0.507. The van der Waals surface area contributed by atoms with Crippen LogP contribution in [0.5, 0.6) is 0 Å². The van der Waals surface area contributed by atoms with Crippen LogP contribution in [0, 0.1) is 0 Å². The van der Waals surface area contributed by atoms with Crippen molar-refractivity contribution < 1.29 is 4.79 Å². The summed E-state index contributed by atoms with van der Waals surface area (Å²) in [6.45, 7) is 5.54. The van der Waals surface area contributed by atoms with Crippen LogP contribution in [0.15, 0.2) is 24.3 Å². The van der Waals surface area contributed by atoms with Crippen molar-refractivity contribution in [2.75, 3.05) is 20.1 Å². The zero-order valence-electron chi connectivity index (χ0n) is 11.6. The maximum atomic E-state index is 11.6. The van der Waals surface area contributed by atoms with Crippen molar-refractivity contribution in [3.63, 3.8) is 0 Å². The standard InChI is InChI=1S/C14H21ClN2O.ClH/c1-14(2,10-17-13(18)8-9-16-3)11-4-6-12(15)7-5-11;/h4-7,16H,8-10H2,1-3H3,(H,17,18);1H. The third kappa shape index (κ3) is 6.28. The number of carbonyl (C=O) groups is 1. The van der Waals surface area contributed by atoms with Crippen molar-refractivity contribution in [3.8, 4) is 0 Å².